The van der Waals surface area contributed by atoms with E-state index in [0.29, 0.717) is 6.42 Å². The number of rotatable bonds is 6. The van der Waals surface area contributed by atoms with E-state index in [1.807, 2.05) is 6.92 Å². The van der Waals surface area contributed by atoms with Crippen LogP contribution in [0.5, 0.6) is 17.2 Å². The van der Waals surface area contributed by atoms with Gasteiger partial charge in [-0.1, -0.05) is 13.3 Å². The molecule has 7 nitrogen and oxygen atoms in total. The predicted molar refractivity (Wildman–Crippen MR) is 78.1 cm³/mol. The van der Waals surface area contributed by atoms with E-state index >= 15 is 0 Å². The molecule has 0 unspecified atom stereocenters. The number of hydrogen-bond acceptors (Lipinski definition) is 6. The number of aromatic carboxylic acids is 1. The van der Waals surface area contributed by atoms with Crippen molar-refractivity contribution in [2.45, 2.75) is 19.8 Å². The van der Waals surface area contributed by atoms with Crippen molar-refractivity contribution in [3.05, 3.63) is 28.1 Å². The van der Waals surface area contributed by atoms with Gasteiger partial charge >= 0.3 is 11.6 Å². The minimum atomic E-state index is -1.22. The summed E-state index contributed by atoms with van der Waals surface area (Å²) in [7, 11) is 1.27. The van der Waals surface area contributed by atoms with Crippen LogP contribution < -0.4 is 15.1 Å². The van der Waals surface area contributed by atoms with Gasteiger partial charge in [0.2, 0.25) is 5.75 Å². The molecule has 0 aliphatic carbocycles. The summed E-state index contributed by atoms with van der Waals surface area (Å²) in [5.41, 5.74) is -0.961. The van der Waals surface area contributed by atoms with Crippen LogP contribution in [0.3, 0.4) is 0 Å². The topological polar surface area (TPSA) is 106 Å². The Morgan fingerprint density at radius 1 is 1.32 bits per heavy atom. The second kappa shape index (κ2) is 6.38. The van der Waals surface area contributed by atoms with E-state index in [2.05, 4.69) is 0 Å². The van der Waals surface area contributed by atoms with E-state index in [4.69, 9.17) is 19.0 Å². The molecule has 0 spiro atoms. The van der Waals surface area contributed by atoms with Gasteiger partial charge in [-0.3, -0.25) is 0 Å². The first-order valence-electron chi connectivity index (χ1n) is 6.74. The van der Waals surface area contributed by atoms with E-state index in [-0.39, 0.29) is 34.6 Å². The first kappa shape index (κ1) is 15.7. The number of aromatic hydroxyl groups is 1. The molecule has 0 amide bonds. The summed E-state index contributed by atoms with van der Waals surface area (Å²) < 4.78 is 15.4. The van der Waals surface area contributed by atoms with Gasteiger partial charge in [-0.05, 0) is 18.6 Å². The van der Waals surface area contributed by atoms with Crippen LogP contribution in [-0.4, -0.2) is 29.9 Å². The summed E-state index contributed by atoms with van der Waals surface area (Å²) in [5, 5.41) is 19.4. The lowest BCUT2D eigenvalue weighted by atomic mass is 10.1. The van der Waals surface area contributed by atoms with Crippen molar-refractivity contribution >= 4 is 16.9 Å². The van der Waals surface area contributed by atoms with Crippen LogP contribution in [0.15, 0.2) is 21.3 Å². The smallest absolute Gasteiger partial charge is 0.383 e. The summed E-state index contributed by atoms with van der Waals surface area (Å²) in [4.78, 5) is 23.1. The molecule has 7 heteroatoms. The Bertz CT molecular complexity index is 761. The maximum atomic E-state index is 11.9. The minimum Gasteiger partial charge on any atom is -0.503 e. The van der Waals surface area contributed by atoms with Crippen LogP contribution in [0.1, 0.15) is 30.1 Å². The summed E-state index contributed by atoms with van der Waals surface area (Å²) >= 11 is 0. The van der Waals surface area contributed by atoms with Crippen LogP contribution in [0.25, 0.3) is 11.0 Å². The van der Waals surface area contributed by atoms with Crippen LogP contribution in [-0.2, 0) is 0 Å². The Kier molecular flexibility index (Phi) is 4.55. The zero-order valence-electron chi connectivity index (χ0n) is 12.2. The molecular weight excluding hydrogens is 292 g/mol. The monoisotopic (exact) mass is 308 g/mol. The van der Waals surface area contributed by atoms with Crippen molar-refractivity contribution in [1.29, 1.82) is 0 Å². The Labute approximate surface area is 125 Å². The first-order valence-corrected chi connectivity index (χ1v) is 6.74. The largest absolute Gasteiger partial charge is 0.503 e. The average molecular weight is 308 g/mol. The SMILES string of the molecule is CCCCOc1c(O)c2c(OC)c(C(=O)O)ccc2oc1=O. The number of unbranched alkanes of at least 4 members (excludes halogenated alkanes) is 1. The molecule has 1 aromatic heterocycles. The Morgan fingerprint density at radius 3 is 2.64 bits per heavy atom. The van der Waals surface area contributed by atoms with Gasteiger partial charge in [-0.2, -0.15) is 0 Å². The lowest BCUT2D eigenvalue weighted by Gasteiger charge is -2.12. The third kappa shape index (κ3) is 2.69. The average Bonchev–Trinajstić information content (AvgIpc) is 2.49. The lowest BCUT2D eigenvalue weighted by molar-refractivity contribution is 0.0693. The highest BCUT2D eigenvalue weighted by molar-refractivity contribution is 6.01. The quantitative estimate of drug-likeness (QED) is 0.623. The van der Waals surface area contributed by atoms with Crippen LogP contribution in [0.4, 0.5) is 0 Å². The summed E-state index contributed by atoms with van der Waals surface area (Å²) in [6, 6.07) is 2.53. The van der Waals surface area contributed by atoms with Gasteiger partial charge in [0.15, 0.2) is 5.75 Å². The molecular formula is C15H16O7. The van der Waals surface area contributed by atoms with Gasteiger partial charge in [-0.15, -0.1) is 0 Å². The van der Waals surface area contributed by atoms with Crippen molar-refractivity contribution in [3.63, 3.8) is 0 Å². The van der Waals surface area contributed by atoms with Gasteiger partial charge in [-0.25, -0.2) is 9.59 Å². The van der Waals surface area contributed by atoms with Gasteiger partial charge < -0.3 is 24.1 Å². The maximum absolute atomic E-state index is 11.9. The van der Waals surface area contributed by atoms with E-state index in [1.165, 1.54) is 19.2 Å². The van der Waals surface area contributed by atoms with Gasteiger partial charge in [0, 0.05) is 0 Å². The van der Waals surface area contributed by atoms with Crippen molar-refractivity contribution < 1.29 is 28.9 Å². The number of carboxylic acid groups (broad SMARTS) is 1. The Hall–Kier alpha value is -2.70. The highest BCUT2D eigenvalue weighted by Gasteiger charge is 2.23. The first-order chi connectivity index (χ1) is 10.5. The number of benzene rings is 1. The molecule has 0 aliphatic heterocycles. The molecule has 22 heavy (non-hydrogen) atoms. The second-order valence-corrected chi connectivity index (χ2v) is 4.59. The number of hydrogen-bond donors (Lipinski definition) is 2. The second-order valence-electron chi connectivity index (χ2n) is 4.59. The van der Waals surface area contributed by atoms with Crippen LogP contribution in [0.2, 0.25) is 0 Å². The number of carboxylic acids is 1. The molecule has 0 radical (unpaired) electrons. The molecule has 2 rings (SSSR count). The maximum Gasteiger partial charge on any atom is 0.383 e. The molecule has 0 bridgehead atoms. The third-order valence-electron chi connectivity index (χ3n) is 3.14. The molecule has 0 atom stereocenters. The zero-order chi connectivity index (χ0) is 16.3. The molecule has 2 N–H and O–H groups in total. The van der Waals surface area contributed by atoms with Crippen LogP contribution in [0, 0.1) is 0 Å². The number of fused-ring (bicyclic) bond motifs is 1. The minimum absolute atomic E-state index is 0.00602. The fraction of sp³-hybridized carbons (Fsp3) is 0.333. The lowest BCUT2D eigenvalue weighted by Crippen LogP contribution is -2.09. The van der Waals surface area contributed by atoms with Crippen molar-refractivity contribution in [1.82, 2.24) is 0 Å². The Balaban J connectivity index is 2.69. The third-order valence-corrected chi connectivity index (χ3v) is 3.14. The molecule has 1 heterocycles. The van der Waals surface area contributed by atoms with E-state index in [1.54, 1.807) is 0 Å². The molecule has 118 valence electrons. The fourth-order valence-corrected chi connectivity index (χ4v) is 2.06. The summed E-state index contributed by atoms with van der Waals surface area (Å²) in [6.07, 6.45) is 1.55. The van der Waals surface area contributed by atoms with Crippen molar-refractivity contribution in [2.75, 3.05) is 13.7 Å². The van der Waals surface area contributed by atoms with Crippen LogP contribution >= 0.6 is 0 Å². The van der Waals surface area contributed by atoms with Crippen molar-refractivity contribution in [3.8, 4) is 17.2 Å². The van der Waals surface area contributed by atoms with Crippen molar-refractivity contribution in [2.24, 2.45) is 0 Å². The number of ether oxygens (including phenoxy) is 2. The van der Waals surface area contributed by atoms with E-state index in [9.17, 15) is 14.7 Å². The van der Waals surface area contributed by atoms with Gasteiger partial charge in [0.25, 0.3) is 0 Å². The predicted octanol–water partition coefficient (Wildman–Crippen LogP) is 2.38. The Morgan fingerprint density at radius 2 is 2.05 bits per heavy atom. The molecule has 0 fully saturated rings. The standard InChI is InChI=1S/C15H16O7/c1-3-4-7-21-13-11(16)10-9(22-15(13)19)6-5-8(14(17)18)12(10)20-2/h5-6,16H,3-4,7H2,1-2H3,(H,17,18). The number of carbonyl (C=O) groups is 1. The molecule has 0 saturated carbocycles. The molecule has 2 aromatic rings. The van der Waals surface area contributed by atoms with E-state index in [0.717, 1.165) is 6.42 Å². The molecule has 0 aliphatic rings. The highest BCUT2D eigenvalue weighted by atomic mass is 16.5. The summed E-state index contributed by atoms with van der Waals surface area (Å²) in [5.74, 6) is -2.14. The highest BCUT2D eigenvalue weighted by Crippen LogP contribution is 2.39. The fourth-order valence-electron chi connectivity index (χ4n) is 2.06. The summed E-state index contributed by atoms with van der Waals surface area (Å²) in [6.45, 7) is 2.19. The van der Waals surface area contributed by atoms with E-state index < -0.39 is 17.3 Å². The number of methoxy groups -OCH3 is 1. The normalized spacial score (nSPS) is 10.6. The van der Waals surface area contributed by atoms with Gasteiger partial charge in [0.05, 0.1) is 13.7 Å². The zero-order valence-corrected chi connectivity index (χ0v) is 12.2. The van der Waals surface area contributed by atoms with Gasteiger partial charge in [0.1, 0.15) is 22.3 Å². The molecule has 1 aromatic carbocycles. The molecule has 0 saturated heterocycles.